The lowest BCUT2D eigenvalue weighted by Crippen LogP contribution is -1.98. The molecule has 0 saturated heterocycles. The SMILES string of the molecule is O=C(O)c1cnn(Cc2ccc(Br)s2)c1. The zero-order valence-electron chi connectivity index (χ0n) is 7.55. The van der Waals surface area contributed by atoms with E-state index in [9.17, 15) is 4.79 Å². The molecule has 0 atom stereocenters. The van der Waals surface area contributed by atoms with Gasteiger partial charge in [-0.15, -0.1) is 11.3 Å². The van der Waals surface area contributed by atoms with E-state index in [1.165, 1.54) is 12.4 Å². The normalized spacial score (nSPS) is 10.5. The van der Waals surface area contributed by atoms with Gasteiger partial charge in [0.1, 0.15) is 0 Å². The second-order valence-corrected chi connectivity index (χ2v) is 5.49. The van der Waals surface area contributed by atoms with Crippen LogP contribution < -0.4 is 0 Å². The number of hydrogen-bond acceptors (Lipinski definition) is 3. The number of rotatable bonds is 3. The molecule has 0 bridgehead atoms. The lowest BCUT2D eigenvalue weighted by atomic mass is 10.4. The summed E-state index contributed by atoms with van der Waals surface area (Å²) < 4.78 is 2.67. The zero-order valence-corrected chi connectivity index (χ0v) is 9.96. The van der Waals surface area contributed by atoms with Gasteiger partial charge >= 0.3 is 5.97 Å². The number of carboxylic acids is 1. The minimum atomic E-state index is -0.950. The first-order valence-electron chi connectivity index (χ1n) is 4.15. The summed E-state index contributed by atoms with van der Waals surface area (Å²) >= 11 is 4.98. The Morgan fingerprint density at radius 3 is 2.93 bits per heavy atom. The average molecular weight is 287 g/mol. The van der Waals surface area contributed by atoms with Crippen LogP contribution in [0.3, 0.4) is 0 Å². The van der Waals surface area contributed by atoms with Crippen LogP contribution in [0.1, 0.15) is 15.2 Å². The van der Waals surface area contributed by atoms with Crippen LogP contribution in [0.5, 0.6) is 0 Å². The van der Waals surface area contributed by atoms with Crippen LogP contribution in [-0.4, -0.2) is 20.9 Å². The summed E-state index contributed by atoms with van der Waals surface area (Å²) in [5.41, 5.74) is 0.214. The molecule has 0 unspecified atom stereocenters. The van der Waals surface area contributed by atoms with Gasteiger partial charge in [0, 0.05) is 11.1 Å². The van der Waals surface area contributed by atoms with Crippen molar-refractivity contribution in [2.24, 2.45) is 0 Å². The second kappa shape index (κ2) is 4.16. The van der Waals surface area contributed by atoms with Gasteiger partial charge in [-0.3, -0.25) is 4.68 Å². The van der Waals surface area contributed by atoms with E-state index < -0.39 is 5.97 Å². The number of nitrogens with zero attached hydrogens (tertiary/aromatic N) is 2. The number of hydrogen-bond donors (Lipinski definition) is 1. The van der Waals surface area contributed by atoms with E-state index in [2.05, 4.69) is 21.0 Å². The molecule has 0 spiro atoms. The maximum absolute atomic E-state index is 10.6. The number of aromatic carboxylic acids is 1. The lowest BCUT2D eigenvalue weighted by molar-refractivity contribution is 0.0697. The number of carboxylic acid groups (broad SMARTS) is 1. The molecule has 15 heavy (non-hydrogen) atoms. The van der Waals surface area contributed by atoms with Gasteiger partial charge in [0.2, 0.25) is 0 Å². The molecular weight excluding hydrogens is 280 g/mol. The molecule has 0 amide bonds. The molecular formula is C9H7BrN2O2S. The first-order chi connectivity index (χ1) is 7.15. The first-order valence-corrected chi connectivity index (χ1v) is 5.76. The average Bonchev–Trinajstić information content (AvgIpc) is 2.76. The minimum absolute atomic E-state index is 0.214. The maximum Gasteiger partial charge on any atom is 0.338 e. The Bertz CT molecular complexity index is 492. The van der Waals surface area contributed by atoms with Gasteiger partial charge in [0.15, 0.2) is 0 Å². The molecule has 1 N–H and O–H groups in total. The van der Waals surface area contributed by atoms with Crippen molar-refractivity contribution < 1.29 is 9.90 Å². The van der Waals surface area contributed by atoms with Crippen molar-refractivity contribution in [2.45, 2.75) is 6.54 Å². The summed E-state index contributed by atoms with van der Waals surface area (Å²) in [4.78, 5) is 11.7. The Kier molecular flexibility index (Phi) is 2.88. The molecule has 0 aliphatic carbocycles. The van der Waals surface area contributed by atoms with Crippen LogP contribution in [0.15, 0.2) is 28.3 Å². The molecule has 0 saturated carbocycles. The molecule has 2 heterocycles. The van der Waals surface area contributed by atoms with Gasteiger partial charge in [-0.2, -0.15) is 5.10 Å². The molecule has 6 heteroatoms. The van der Waals surface area contributed by atoms with E-state index in [1.54, 1.807) is 16.0 Å². The van der Waals surface area contributed by atoms with Gasteiger partial charge in [-0.05, 0) is 28.1 Å². The molecule has 0 aromatic carbocycles. The largest absolute Gasteiger partial charge is 0.478 e. The molecule has 0 fully saturated rings. The highest BCUT2D eigenvalue weighted by molar-refractivity contribution is 9.11. The monoisotopic (exact) mass is 286 g/mol. The number of thiophene rings is 1. The highest BCUT2D eigenvalue weighted by Gasteiger charge is 2.06. The molecule has 2 rings (SSSR count). The van der Waals surface area contributed by atoms with Crippen molar-refractivity contribution in [3.63, 3.8) is 0 Å². The number of carbonyl (C=O) groups is 1. The smallest absolute Gasteiger partial charge is 0.338 e. The van der Waals surface area contributed by atoms with Crippen LogP contribution in [-0.2, 0) is 6.54 Å². The number of aromatic nitrogens is 2. The van der Waals surface area contributed by atoms with Gasteiger partial charge in [0.25, 0.3) is 0 Å². The Hall–Kier alpha value is -1.14. The Balaban J connectivity index is 2.14. The van der Waals surface area contributed by atoms with Gasteiger partial charge in [-0.25, -0.2) is 4.79 Å². The highest BCUT2D eigenvalue weighted by atomic mass is 79.9. The third-order valence-electron chi connectivity index (χ3n) is 1.83. The van der Waals surface area contributed by atoms with E-state index in [0.29, 0.717) is 6.54 Å². The Morgan fingerprint density at radius 2 is 2.40 bits per heavy atom. The summed E-state index contributed by atoms with van der Waals surface area (Å²) in [6.07, 6.45) is 2.88. The Morgan fingerprint density at radius 1 is 1.60 bits per heavy atom. The summed E-state index contributed by atoms with van der Waals surface area (Å²) in [5.74, 6) is -0.950. The van der Waals surface area contributed by atoms with E-state index in [1.807, 2.05) is 12.1 Å². The lowest BCUT2D eigenvalue weighted by Gasteiger charge is -1.96. The molecule has 2 aromatic rings. The van der Waals surface area contributed by atoms with E-state index >= 15 is 0 Å². The van der Waals surface area contributed by atoms with Crippen LogP contribution in [0.25, 0.3) is 0 Å². The molecule has 0 radical (unpaired) electrons. The van der Waals surface area contributed by atoms with Gasteiger partial charge in [-0.1, -0.05) is 0 Å². The predicted molar refractivity (Wildman–Crippen MR) is 60.3 cm³/mol. The predicted octanol–water partition coefficient (Wildman–Crippen LogP) is 2.45. The summed E-state index contributed by atoms with van der Waals surface area (Å²) in [6, 6.07) is 3.94. The Labute approximate surface area is 98.3 Å². The van der Waals surface area contributed by atoms with Crippen molar-refractivity contribution in [3.8, 4) is 0 Å². The van der Waals surface area contributed by atoms with Gasteiger partial charge in [0.05, 0.1) is 22.1 Å². The zero-order chi connectivity index (χ0) is 10.8. The fraction of sp³-hybridized carbons (Fsp3) is 0.111. The third-order valence-corrected chi connectivity index (χ3v) is 3.44. The standard InChI is InChI=1S/C9H7BrN2O2S/c10-8-2-1-7(15-8)5-12-4-6(3-11-12)9(13)14/h1-4H,5H2,(H,13,14). The first kappa shape index (κ1) is 10.4. The van der Waals surface area contributed by atoms with Crippen molar-refractivity contribution in [2.75, 3.05) is 0 Å². The molecule has 4 nitrogen and oxygen atoms in total. The van der Waals surface area contributed by atoms with Crippen molar-refractivity contribution in [1.82, 2.24) is 9.78 Å². The van der Waals surface area contributed by atoms with E-state index in [-0.39, 0.29) is 5.56 Å². The van der Waals surface area contributed by atoms with Gasteiger partial charge < -0.3 is 5.11 Å². The van der Waals surface area contributed by atoms with Crippen molar-refractivity contribution >= 4 is 33.2 Å². The summed E-state index contributed by atoms with van der Waals surface area (Å²) in [7, 11) is 0. The summed E-state index contributed by atoms with van der Waals surface area (Å²) in [6.45, 7) is 0.601. The fourth-order valence-corrected chi connectivity index (χ4v) is 2.63. The molecule has 0 aliphatic rings. The minimum Gasteiger partial charge on any atom is -0.478 e. The molecule has 0 aliphatic heterocycles. The van der Waals surface area contributed by atoms with E-state index in [4.69, 9.17) is 5.11 Å². The van der Waals surface area contributed by atoms with Crippen LogP contribution in [0, 0.1) is 0 Å². The highest BCUT2D eigenvalue weighted by Crippen LogP contribution is 2.22. The van der Waals surface area contributed by atoms with Crippen LogP contribution in [0.2, 0.25) is 0 Å². The van der Waals surface area contributed by atoms with Crippen molar-refractivity contribution in [1.29, 1.82) is 0 Å². The van der Waals surface area contributed by atoms with Crippen LogP contribution >= 0.6 is 27.3 Å². The molecule has 78 valence electrons. The quantitative estimate of drug-likeness (QED) is 0.943. The molecule has 2 aromatic heterocycles. The van der Waals surface area contributed by atoms with Crippen LogP contribution in [0.4, 0.5) is 0 Å². The number of halogens is 1. The third kappa shape index (κ3) is 2.45. The summed E-state index contributed by atoms with van der Waals surface area (Å²) in [5, 5.41) is 12.7. The topological polar surface area (TPSA) is 55.1 Å². The maximum atomic E-state index is 10.6. The van der Waals surface area contributed by atoms with E-state index in [0.717, 1.165) is 8.66 Å². The second-order valence-electron chi connectivity index (χ2n) is 2.94. The van der Waals surface area contributed by atoms with Crippen molar-refractivity contribution in [3.05, 3.63) is 38.8 Å². The fourth-order valence-electron chi connectivity index (χ4n) is 1.16.